The predicted octanol–water partition coefficient (Wildman–Crippen LogP) is -0.433. The van der Waals surface area contributed by atoms with Gasteiger partial charge in [0.1, 0.15) is 6.61 Å². The zero-order valence-corrected chi connectivity index (χ0v) is 11.2. The number of carbonyl (C=O) groups is 1. The van der Waals surface area contributed by atoms with E-state index in [4.69, 9.17) is 10.6 Å². The van der Waals surface area contributed by atoms with Gasteiger partial charge in [-0.1, -0.05) is 12.1 Å². The van der Waals surface area contributed by atoms with Crippen molar-refractivity contribution in [3.8, 4) is 5.75 Å². The smallest absolute Gasteiger partial charge is 0.287 e. The molecule has 2 rings (SSSR count). The van der Waals surface area contributed by atoms with Gasteiger partial charge in [-0.25, -0.2) is 10.5 Å². The van der Waals surface area contributed by atoms with Gasteiger partial charge in [-0.15, -0.1) is 5.10 Å². The maximum absolute atomic E-state index is 11.2. The van der Waals surface area contributed by atoms with E-state index in [9.17, 15) is 4.79 Å². The van der Waals surface area contributed by atoms with Gasteiger partial charge in [0.2, 0.25) is 0 Å². The summed E-state index contributed by atoms with van der Waals surface area (Å²) in [5, 5.41) is 11.7. The topological polar surface area (TPSA) is 113 Å². The van der Waals surface area contributed by atoms with Crippen LogP contribution in [0.5, 0.6) is 5.75 Å². The van der Waals surface area contributed by atoms with Gasteiger partial charge in [0.15, 0.2) is 11.4 Å². The van der Waals surface area contributed by atoms with Crippen LogP contribution in [0.4, 0.5) is 0 Å². The van der Waals surface area contributed by atoms with Crippen LogP contribution in [0, 0.1) is 0 Å². The standard InChI is InChI=1S/C11H17N7O2/c1-2-3-17-7-9(6-13-17)20-5-4-18-8-10(15-16-18)11(19)14-12/h6-8H,2-5,12H2,1H3,(H,14,19). The summed E-state index contributed by atoms with van der Waals surface area (Å²) < 4.78 is 8.88. The molecule has 3 N–H and O–H groups in total. The van der Waals surface area contributed by atoms with E-state index in [1.165, 1.54) is 10.9 Å². The van der Waals surface area contributed by atoms with Crippen LogP contribution in [0.2, 0.25) is 0 Å². The van der Waals surface area contributed by atoms with Crippen LogP contribution in [0.15, 0.2) is 18.6 Å². The van der Waals surface area contributed by atoms with E-state index in [0.717, 1.165) is 13.0 Å². The zero-order chi connectivity index (χ0) is 14.4. The monoisotopic (exact) mass is 279 g/mol. The molecule has 0 atom stereocenters. The molecule has 0 aliphatic rings. The lowest BCUT2D eigenvalue weighted by atomic mass is 10.4. The number of amides is 1. The number of hydrazine groups is 1. The molecule has 0 saturated heterocycles. The molecule has 0 spiro atoms. The molecule has 0 unspecified atom stereocenters. The molecule has 0 saturated carbocycles. The second-order valence-electron chi connectivity index (χ2n) is 4.13. The lowest BCUT2D eigenvalue weighted by Crippen LogP contribution is -2.30. The fourth-order valence-electron chi connectivity index (χ4n) is 1.61. The fraction of sp³-hybridized carbons (Fsp3) is 0.455. The number of nitrogens with two attached hydrogens (primary N) is 1. The highest BCUT2D eigenvalue weighted by atomic mass is 16.5. The summed E-state index contributed by atoms with van der Waals surface area (Å²) in [6, 6.07) is 0. The highest BCUT2D eigenvalue weighted by Gasteiger charge is 2.08. The molecule has 1 amide bonds. The molecule has 0 aliphatic heterocycles. The molecule has 108 valence electrons. The van der Waals surface area contributed by atoms with Crippen molar-refractivity contribution in [1.29, 1.82) is 0 Å². The number of carbonyl (C=O) groups excluding carboxylic acids is 1. The summed E-state index contributed by atoms with van der Waals surface area (Å²) in [4.78, 5) is 11.2. The van der Waals surface area contributed by atoms with Crippen molar-refractivity contribution < 1.29 is 9.53 Å². The molecule has 0 aromatic carbocycles. The summed E-state index contributed by atoms with van der Waals surface area (Å²) in [5.41, 5.74) is 2.16. The molecular formula is C11H17N7O2. The summed E-state index contributed by atoms with van der Waals surface area (Å²) in [6.45, 7) is 3.83. The summed E-state index contributed by atoms with van der Waals surface area (Å²) in [7, 11) is 0. The summed E-state index contributed by atoms with van der Waals surface area (Å²) in [5.74, 6) is 5.24. The lowest BCUT2D eigenvalue weighted by molar-refractivity contribution is 0.0948. The average molecular weight is 279 g/mol. The number of rotatable bonds is 7. The minimum absolute atomic E-state index is 0.170. The summed E-state index contributed by atoms with van der Waals surface area (Å²) in [6.07, 6.45) is 6.04. The number of ether oxygens (including phenoxy) is 1. The zero-order valence-electron chi connectivity index (χ0n) is 11.2. The maximum atomic E-state index is 11.2. The van der Waals surface area contributed by atoms with Gasteiger partial charge in [-0.05, 0) is 6.42 Å². The first-order chi connectivity index (χ1) is 9.72. The number of hydrogen-bond donors (Lipinski definition) is 2. The van der Waals surface area contributed by atoms with Crippen LogP contribution in [-0.2, 0) is 13.1 Å². The van der Waals surface area contributed by atoms with Crippen molar-refractivity contribution in [1.82, 2.24) is 30.2 Å². The highest BCUT2D eigenvalue weighted by Crippen LogP contribution is 2.08. The molecule has 9 heteroatoms. The normalized spacial score (nSPS) is 10.5. The first-order valence-corrected chi connectivity index (χ1v) is 6.29. The van der Waals surface area contributed by atoms with Crippen molar-refractivity contribution in [2.24, 2.45) is 5.84 Å². The van der Waals surface area contributed by atoms with Crippen molar-refractivity contribution in [3.63, 3.8) is 0 Å². The van der Waals surface area contributed by atoms with E-state index in [2.05, 4.69) is 22.3 Å². The molecule has 0 radical (unpaired) electrons. The number of nitrogens with zero attached hydrogens (tertiary/aromatic N) is 5. The molecule has 0 bridgehead atoms. The number of nitrogen functional groups attached to an aromatic ring is 1. The molecule has 20 heavy (non-hydrogen) atoms. The van der Waals surface area contributed by atoms with Gasteiger partial charge in [-0.2, -0.15) is 5.10 Å². The average Bonchev–Trinajstić information content (AvgIpc) is 3.08. The Balaban J connectivity index is 1.80. The highest BCUT2D eigenvalue weighted by molar-refractivity contribution is 5.91. The van der Waals surface area contributed by atoms with Gasteiger partial charge in [0.25, 0.3) is 5.91 Å². The van der Waals surface area contributed by atoms with Crippen LogP contribution in [-0.4, -0.2) is 37.3 Å². The lowest BCUT2D eigenvalue weighted by Gasteiger charge is -2.02. The number of nitrogens with one attached hydrogen (secondary N) is 1. The Bertz CT molecular complexity index is 563. The van der Waals surface area contributed by atoms with Crippen LogP contribution in [0.25, 0.3) is 0 Å². The first kappa shape index (κ1) is 14.0. The Morgan fingerprint density at radius 3 is 3.00 bits per heavy atom. The third-order valence-electron chi connectivity index (χ3n) is 2.55. The van der Waals surface area contributed by atoms with Crippen molar-refractivity contribution in [2.45, 2.75) is 26.4 Å². The fourth-order valence-corrected chi connectivity index (χ4v) is 1.61. The second-order valence-corrected chi connectivity index (χ2v) is 4.13. The van der Waals surface area contributed by atoms with Crippen molar-refractivity contribution >= 4 is 5.91 Å². The van der Waals surface area contributed by atoms with Crippen molar-refractivity contribution in [2.75, 3.05) is 6.61 Å². The first-order valence-electron chi connectivity index (χ1n) is 6.29. The SMILES string of the molecule is CCCn1cc(OCCn2cc(C(=O)NN)nn2)cn1. The third kappa shape index (κ3) is 3.54. The van der Waals surface area contributed by atoms with Gasteiger partial charge in [0.05, 0.1) is 25.1 Å². The van der Waals surface area contributed by atoms with Gasteiger partial charge in [0, 0.05) is 6.54 Å². The van der Waals surface area contributed by atoms with E-state index in [1.807, 2.05) is 16.3 Å². The maximum Gasteiger partial charge on any atom is 0.287 e. The quantitative estimate of drug-likeness (QED) is 0.404. The molecule has 0 fully saturated rings. The largest absolute Gasteiger partial charge is 0.488 e. The molecule has 2 aromatic heterocycles. The number of hydrogen-bond acceptors (Lipinski definition) is 6. The molecule has 9 nitrogen and oxygen atoms in total. The van der Waals surface area contributed by atoms with Crippen LogP contribution < -0.4 is 16.0 Å². The predicted molar refractivity (Wildman–Crippen MR) is 69.7 cm³/mol. The Hall–Kier alpha value is -2.42. The third-order valence-corrected chi connectivity index (χ3v) is 2.55. The van der Waals surface area contributed by atoms with E-state index >= 15 is 0 Å². The van der Waals surface area contributed by atoms with Crippen LogP contribution in [0.1, 0.15) is 23.8 Å². The molecule has 0 aliphatic carbocycles. The number of aromatic nitrogens is 5. The van der Waals surface area contributed by atoms with Gasteiger partial charge in [-0.3, -0.25) is 14.9 Å². The van der Waals surface area contributed by atoms with Crippen molar-refractivity contribution in [3.05, 3.63) is 24.3 Å². The summed E-state index contributed by atoms with van der Waals surface area (Å²) >= 11 is 0. The van der Waals surface area contributed by atoms with E-state index < -0.39 is 5.91 Å². The minimum atomic E-state index is -0.474. The number of aryl methyl sites for hydroxylation is 1. The van der Waals surface area contributed by atoms with E-state index in [0.29, 0.717) is 18.9 Å². The Morgan fingerprint density at radius 1 is 1.40 bits per heavy atom. The van der Waals surface area contributed by atoms with Crippen LogP contribution >= 0.6 is 0 Å². The Kier molecular flexibility index (Phi) is 4.66. The Morgan fingerprint density at radius 2 is 2.25 bits per heavy atom. The van der Waals surface area contributed by atoms with E-state index in [-0.39, 0.29) is 5.69 Å². The minimum Gasteiger partial charge on any atom is -0.488 e. The van der Waals surface area contributed by atoms with Crippen LogP contribution in [0.3, 0.4) is 0 Å². The molecule has 2 aromatic rings. The van der Waals surface area contributed by atoms with E-state index in [1.54, 1.807) is 6.20 Å². The Labute approximate surface area is 115 Å². The van der Waals surface area contributed by atoms with Gasteiger partial charge < -0.3 is 4.74 Å². The van der Waals surface area contributed by atoms with Gasteiger partial charge >= 0.3 is 0 Å². The molecule has 2 heterocycles. The second kappa shape index (κ2) is 6.66. The molecular weight excluding hydrogens is 262 g/mol.